The number of hydrogen-bond acceptors (Lipinski definition) is 3. The normalized spacial score (nSPS) is 17.2. The second-order valence-electron chi connectivity index (χ2n) is 6.28. The van der Waals surface area contributed by atoms with Crippen LogP contribution in [-0.2, 0) is 7.05 Å². The first-order chi connectivity index (χ1) is 12.1. The highest BCUT2D eigenvalue weighted by Crippen LogP contribution is 2.33. The van der Waals surface area contributed by atoms with Gasteiger partial charge < -0.3 is 14.5 Å². The van der Waals surface area contributed by atoms with Crippen molar-refractivity contribution >= 4 is 28.5 Å². The molecule has 0 unspecified atom stereocenters. The Hall–Kier alpha value is -2.78. The van der Waals surface area contributed by atoms with E-state index in [0.717, 1.165) is 29.7 Å². The zero-order valence-corrected chi connectivity index (χ0v) is 14.4. The largest absolute Gasteiger partial charge is 0.345 e. The molecule has 1 aliphatic heterocycles. The minimum atomic E-state index is -0.0980. The molecule has 6 nitrogen and oxygen atoms in total. The number of aryl methyl sites for hydroxylation is 1. The molecular weight excluding hydrogens is 338 g/mol. The number of hydrogen-bond donors (Lipinski definition) is 1. The molecule has 0 bridgehead atoms. The third-order valence-corrected chi connectivity index (χ3v) is 4.88. The third kappa shape index (κ3) is 2.67. The maximum absolute atomic E-state index is 13.0. The summed E-state index contributed by atoms with van der Waals surface area (Å²) in [6.07, 6.45) is 3.44. The maximum atomic E-state index is 13.0. The second kappa shape index (κ2) is 5.94. The highest BCUT2D eigenvalue weighted by Gasteiger charge is 2.33. The van der Waals surface area contributed by atoms with Crippen molar-refractivity contribution in [2.24, 2.45) is 7.05 Å². The summed E-state index contributed by atoms with van der Waals surface area (Å²) in [5, 5.41) is 9.69. The fourth-order valence-corrected chi connectivity index (χ4v) is 3.61. The van der Waals surface area contributed by atoms with Crippen LogP contribution < -0.4 is 0 Å². The van der Waals surface area contributed by atoms with E-state index in [1.807, 2.05) is 17.0 Å². The average molecular weight is 354 g/mol. The minimum absolute atomic E-state index is 0.0787. The van der Waals surface area contributed by atoms with Gasteiger partial charge in [-0.05, 0) is 37.1 Å². The summed E-state index contributed by atoms with van der Waals surface area (Å²) < 4.78 is 1.70. The first-order valence-corrected chi connectivity index (χ1v) is 8.47. The number of nitriles is 1. The summed E-state index contributed by atoms with van der Waals surface area (Å²) in [5.74, 6) is 0.697. The van der Waals surface area contributed by atoms with Gasteiger partial charge in [0.2, 0.25) is 0 Å². The van der Waals surface area contributed by atoms with Gasteiger partial charge in [0.25, 0.3) is 5.91 Å². The van der Waals surface area contributed by atoms with Crippen LogP contribution in [-0.4, -0.2) is 31.9 Å². The van der Waals surface area contributed by atoms with Crippen molar-refractivity contribution in [2.75, 3.05) is 6.54 Å². The van der Waals surface area contributed by atoms with Crippen molar-refractivity contribution in [1.29, 1.82) is 5.26 Å². The van der Waals surface area contributed by atoms with E-state index in [9.17, 15) is 4.79 Å². The number of halogens is 1. The fraction of sp³-hybridized carbons (Fsp3) is 0.278. The number of imidazole rings is 1. The topological polar surface area (TPSA) is 77.7 Å². The number of carbonyl (C=O) groups is 1. The molecule has 7 heteroatoms. The lowest BCUT2D eigenvalue weighted by Crippen LogP contribution is -2.32. The molecule has 3 aromatic rings. The number of benzene rings is 1. The lowest BCUT2D eigenvalue weighted by atomic mass is 10.2. The number of likely N-dealkylation sites (tertiary alicyclic amines) is 1. The van der Waals surface area contributed by atoms with Gasteiger partial charge in [-0.1, -0.05) is 11.6 Å². The Bertz CT molecular complexity index is 1010. The maximum Gasteiger partial charge on any atom is 0.271 e. The number of carbonyl (C=O) groups excluding carboxylic acids is 1. The Kier molecular flexibility index (Phi) is 3.74. The van der Waals surface area contributed by atoms with E-state index in [2.05, 4.69) is 16.0 Å². The molecule has 0 radical (unpaired) electrons. The molecule has 0 aliphatic carbocycles. The van der Waals surface area contributed by atoms with Crippen LogP contribution in [0.2, 0.25) is 5.02 Å². The van der Waals surface area contributed by atoms with E-state index >= 15 is 0 Å². The second-order valence-corrected chi connectivity index (χ2v) is 6.71. The summed E-state index contributed by atoms with van der Waals surface area (Å²) >= 11 is 6.04. The van der Waals surface area contributed by atoms with Crippen LogP contribution in [0.1, 0.15) is 40.8 Å². The molecule has 1 fully saturated rings. The van der Waals surface area contributed by atoms with Crippen molar-refractivity contribution in [3.8, 4) is 6.07 Å². The van der Waals surface area contributed by atoms with E-state index in [4.69, 9.17) is 16.9 Å². The smallest absolute Gasteiger partial charge is 0.271 e. The van der Waals surface area contributed by atoms with E-state index in [-0.39, 0.29) is 11.9 Å². The molecular formula is C18H16ClN5O. The number of nitrogens with one attached hydrogen (secondary N) is 1. The number of nitrogens with zero attached hydrogens (tertiary/aromatic N) is 4. The number of aromatic amines is 1. The SMILES string of the molecule is Cn1cc(C#N)cc1C(=O)N1CCC[C@@H]1c1nc2ccc(Cl)cc2[nH]1. The fourth-order valence-electron chi connectivity index (χ4n) is 3.44. The number of fused-ring (bicyclic) bond motifs is 1. The average Bonchev–Trinajstić information content (AvgIpc) is 3.30. The number of amides is 1. The molecule has 0 spiro atoms. The molecule has 126 valence electrons. The monoisotopic (exact) mass is 353 g/mol. The van der Waals surface area contributed by atoms with Gasteiger partial charge >= 0.3 is 0 Å². The Morgan fingerprint density at radius 1 is 1.44 bits per heavy atom. The lowest BCUT2D eigenvalue weighted by molar-refractivity contribution is 0.0721. The summed E-state index contributed by atoms with van der Waals surface area (Å²) in [4.78, 5) is 22.7. The first-order valence-electron chi connectivity index (χ1n) is 8.09. The Morgan fingerprint density at radius 2 is 2.28 bits per heavy atom. The molecule has 1 N–H and O–H groups in total. The lowest BCUT2D eigenvalue weighted by Gasteiger charge is -2.23. The summed E-state index contributed by atoms with van der Waals surface area (Å²) in [6.45, 7) is 0.675. The predicted molar refractivity (Wildman–Crippen MR) is 94.2 cm³/mol. The van der Waals surface area contributed by atoms with Crippen LogP contribution in [0.4, 0.5) is 0 Å². The predicted octanol–water partition coefficient (Wildman–Crippen LogP) is 3.40. The minimum Gasteiger partial charge on any atom is -0.345 e. The van der Waals surface area contributed by atoms with Crippen molar-refractivity contribution in [3.05, 3.63) is 52.6 Å². The molecule has 25 heavy (non-hydrogen) atoms. The standard InChI is InChI=1S/C18H16ClN5O/c1-23-10-11(9-20)7-16(23)18(25)24-6-2-3-15(24)17-21-13-5-4-12(19)8-14(13)22-17/h4-5,7-8,10,15H,2-3,6H2,1H3,(H,21,22)/t15-/m1/s1. The summed E-state index contributed by atoms with van der Waals surface area (Å²) in [6, 6.07) is 9.13. The molecule has 1 aliphatic rings. The summed E-state index contributed by atoms with van der Waals surface area (Å²) in [7, 11) is 1.78. The van der Waals surface area contributed by atoms with Crippen LogP contribution in [0.3, 0.4) is 0 Å². The Balaban J connectivity index is 1.68. The van der Waals surface area contributed by atoms with Gasteiger partial charge in [-0.3, -0.25) is 4.79 Å². The quantitative estimate of drug-likeness (QED) is 0.766. The molecule has 1 aromatic carbocycles. The highest BCUT2D eigenvalue weighted by molar-refractivity contribution is 6.31. The molecule has 3 heterocycles. The van der Waals surface area contributed by atoms with Gasteiger partial charge in [0.15, 0.2) is 0 Å². The Morgan fingerprint density at radius 3 is 3.04 bits per heavy atom. The molecule has 4 rings (SSSR count). The third-order valence-electron chi connectivity index (χ3n) is 4.64. The van der Waals surface area contributed by atoms with Crippen LogP contribution in [0.15, 0.2) is 30.5 Å². The van der Waals surface area contributed by atoms with E-state index in [0.29, 0.717) is 22.8 Å². The van der Waals surface area contributed by atoms with Crippen molar-refractivity contribution < 1.29 is 4.79 Å². The zero-order valence-electron chi connectivity index (χ0n) is 13.7. The van der Waals surface area contributed by atoms with Crippen molar-refractivity contribution in [1.82, 2.24) is 19.4 Å². The summed E-state index contributed by atoms with van der Waals surface area (Å²) in [5.41, 5.74) is 2.71. The van der Waals surface area contributed by atoms with Crippen molar-refractivity contribution in [3.63, 3.8) is 0 Å². The zero-order chi connectivity index (χ0) is 17.6. The van der Waals surface area contributed by atoms with E-state index in [1.165, 1.54) is 0 Å². The van der Waals surface area contributed by atoms with Crippen LogP contribution in [0, 0.1) is 11.3 Å². The van der Waals surface area contributed by atoms with Gasteiger partial charge in [-0.2, -0.15) is 5.26 Å². The first kappa shape index (κ1) is 15.7. The van der Waals surface area contributed by atoms with E-state index in [1.54, 1.807) is 29.9 Å². The molecule has 1 atom stereocenters. The van der Waals surface area contributed by atoms with Gasteiger partial charge in [0.1, 0.15) is 17.6 Å². The molecule has 2 aromatic heterocycles. The van der Waals surface area contributed by atoms with Crippen LogP contribution in [0.5, 0.6) is 0 Å². The van der Waals surface area contributed by atoms with Crippen LogP contribution >= 0.6 is 11.6 Å². The van der Waals surface area contributed by atoms with Gasteiger partial charge in [-0.15, -0.1) is 0 Å². The van der Waals surface area contributed by atoms with E-state index < -0.39 is 0 Å². The molecule has 1 saturated heterocycles. The van der Waals surface area contributed by atoms with Gasteiger partial charge in [-0.25, -0.2) is 4.98 Å². The van der Waals surface area contributed by atoms with Gasteiger partial charge in [0.05, 0.1) is 22.6 Å². The molecule has 1 amide bonds. The highest BCUT2D eigenvalue weighted by atomic mass is 35.5. The van der Waals surface area contributed by atoms with Crippen molar-refractivity contribution in [2.45, 2.75) is 18.9 Å². The number of rotatable bonds is 2. The number of aromatic nitrogens is 3. The van der Waals surface area contributed by atoms with Crippen LogP contribution in [0.25, 0.3) is 11.0 Å². The Labute approximate surface area is 149 Å². The molecule has 0 saturated carbocycles. The van der Waals surface area contributed by atoms with Gasteiger partial charge in [0, 0.05) is 24.8 Å². The number of H-pyrrole nitrogens is 1.